The number of imidazole rings is 1. The molecule has 1 N–H and O–H groups in total. The highest BCUT2D eigenvalue weighted by molar-refractivity contribution is 5.74. The first kappa shape index (κ1) is 13.8. The molecular weight excluding hydrogens is 290 g/mol. The predicted molar refractivity (Wildman–Crippen MR) is 87.4 cm³/mol. The third-order valence-corrected chi connectivity index (χ3v) is 4.17. The van der Waals surface area contributed by atoms with Crippen LogP contribution in [0.15, 0.2) is 43.2 Å². The van der Waals surface area contributed by atoms with Gasteiger partial charge in [-0.2, -0.15) is 0 Å². The van der Waals surface area contributed by atoms with Gasteiger partial charge in [0, 0.05) is 24.6 Å². The minimum absolute atomic E-state index is 0.595. The highest BCUT2D eigenvalue weighted by Gasteiger charge is 2.21. The van der Waals surface area contributed by atoms with Gasteiger partial charge in [-0.25, -0.2) is 15.0 Å². The number of aromatic nitrogens is 4. The zero-order valence-electron chi connectivity index (χ0n) is 12.9. The van der Waals surface area contributed by atoms with Crippen molar-refractivity contribution in [1.29, 1.82) is 0 Å². The van der Waals surface area contributed by atoms with E-state index in [9.17, 15) is 0 Å². The summed E-state index contributed by atoms with van der Waals surface area (Å²) in [5.74, 6) is 0.595. The Hall–Kier alpha value is -2.89. The van der Waals surface area contributed by atoms with Crippen molar-refractivity contribution in [2.45, 2.75) is 13.0 Å². The van der Waals surface area contributed by atoms with Crippen molar-refractivity contribution >= 4 is 5.69 Å². The second-order valence-electron chi connectivity index (χ2n) is 5.54. The van der Waals surface area contributed by atoms with E-state index in [1.165, 1.54) is 17.6 Å². The zero-order chi connectivity index (χ0) is 15.6. The largest absolute Gasteiger partial charge is 0.480 e. The molecule has 1 aliphatic rings. The van der Waals surface area contributed by atoms with E-state index in [0.717, 1.165) is 36.3 Å². The Labute approximate surface area is 134 Å². The quantitative estimate of drug-likeness (QED) is 0.802. The molecule has 0 saturated heterocycles. The summed E-state index contributed by atoms with van der Waals surface area (Å²) in [6, 6.07) is 6.49. The van der Waals surface area contributed by atoms with Crippen LogP contribution >= 0.6 is 0 Å². The summed E-state index contributed by atoms with van der Waals surface area (Å²) >= 11 is 0. The van der Waals surface area contributed by atoms with Crippen LogP contribution < -0.4 is 9.64 Å². The van der Waals surface area contributed by atoms with E-state index in [1.807, 2.05) is 6.20 Å². The van der Waals surface area contributed by atoms with Crippen LogP contribution in [0.5, 0.6) is 5.88 Å². The number of H-pyrrole nitrogens is 1. The molecule has 6 nitrogen and oxygen atoms in total. The number of rotatable bonds is 4. The lowest BCUT2D eigenvalue weighted by Crippen LogP contribution is -2.19. The average molecular weight is 307 g/mol. The highest BCUT2D eigenvalue weighted by atomic mass is 16.5. The van der Waals surface area contributed by atoms with Gasteiger partial charge in [0.2, 0.25) is 5.88 Å². The van der Waals surface area contributed by atoms with E-state index in [1.54, 1.807) is 19.6 Å². The summed E-state index contributed by atoms with van der Waals surface area (Å²) in [6.45, 7) is 1.85. The Kier molecular flexibility index (Phi) is 3.42. The third-order valence-electron chi connectivity index (χ3n) is 4.17. The fraction of sp³-hybridized carbons (Fsp3) is 0.235. The molecule has 0 saturated carbocycles. The van der Waals surface area contributed by atoms with Gasteiger partial charge in [-0.3, -0.25) is 0 Å². The molecular formula is C17H17N5O. The maximum atomic E-state index is 5.35. The van der Waals surface area contributed by atoms with Crippen molar-refractivity contribution in [1.82, 2.24) is 19.9 Å². The number of methoxy groups -OCH3 is 1. The molecule has 116 valence electrons. The summed E-state index contributed by atoms with van der Waals surface area (Å²) in [5, 5.41) is 0. The summed E-state index contributed by atoms with van der Waals surface area (Å²) in [7, 11) is 1.63. The Morgan fingerprint density at radius 3 is 3.04 bits per heavy atom. The summed E-state index contributed by atoms with van der Waals surface area (Å²) in [6.07, 6.45) is 7.94. The van der Waals surface area contributed by atoms with E-state index in [0.29, 0.717) is 5.88 Å². The normalized spacial score (nSPS) is 13.2. The molecule has 0 bridgehead atoms. The second-order valence-corrected chi connectivity index (χ2v) is 5.54. The van der Waals surface area contributed by atoms with Crippen LogP contribution in [0.1, 0.15) is 11.3 Å². The Bertz CT molecular complexity index is 816. The number of anilines is 1. The van der Waals surface area contributed by atoms with Crippen molar-refractivity contribution in [2.75, 3.05) is 18.6 Å². The van der Waals surface area contributed by atoms with Crippen molar-refractivity contribution in [3.63, 3.8) is 0 Å². The third kappa shape index (κ3) is 2.52. The van der Waals surface area contributed by atoms with Gasteiger partial charge in [0.05, 0.1) is 31.2 Å². The van der Waals surface area contributed by atoms with Crippen molar-refractivity contribution < 1.29 is 4.74 Å². The first-order chi connectivity index (χ1) is 11.3. The molecule has 4 rings (SSSR count). The number of ether oxygens (including phenoxy) is 1. The number of nitrogens with one attached hydrogen (secondary N) is 1. The van der Waals surface area contributed by atoms with Gasteiger partial charge in [-0.15, -0.1) is 0 Å². The standard InChI is InChI=1S/C17H17N5O/c1-23-17-15(8-19-11-21-17)13-3-2-12-4-5-22(16(12)6-13)9-14-7-18-10-20-14/h2-3,6-8,10-11H,4-5,9H2,1H3,(H,18,20). The molecule has 0 spiro atoms. The maximum absolute atomic E-state index is 5.35. The Morgan fingerprint density at radius 2 is 2.22 bits per heavy atom. The highest BCUT2D eigenvalue weighted by Crippen LogP contribution is 2.35. The molecule has 0 atom stereocenters. The Morgan fingerprint density at radius 1 is 1.26 bits per heavy atom. The summed E-state index contributed by atoms with van der Waals surface area (Å²) in [5.41, 5.74) is 5.71. The predicted octanol–water partition coefficient (Wildman–Crippen LogP) is 2.44. The lowest BCUT2D eigenvalue weighted by Gasteiger charge is -2.19. The van der Waals surface area contributed by atoms with E-state index in [2.05, 4.69) is 43.0 Å². The SMILES string of the molecule is COc1ncncc1-c1ccc2c(c1)N(Cc1cnc[nH]1)CC2. The van der Waals surface area contributed by atoms with E-state index in [4.69, 9.17) is 4.74 Å². The number of hydrogen-bond donors (Lipinski definition) is 1. The number of nitrogens with zero attached hydrogens (tertiary/aromatic N) is 4. The van der Waals surface area contributed by atoms with E-state index >= 15 is 0 Å². The molecule has 23 heavy (non-hydrogen) atoms. The molecule has 0 amide bonds. The lowest BCUT2D eigenvalue weighted by molar-refractivity contribution is 0.398. The Balaban J connectivity index is 1.70. The van der Waals surface area contributed by atoms with Gasteiger partial charge < -0.3 is 14.6 Å². The molecule has 6 heteroatoms. The monoisotopic (exact) mass is 307 g/mol. The first-order valence-corrected chi connectivity index (χ1v) is 7.54. The van der Waals surface area contributed by atoms with Crippen molar-refractivity contribution in [3.8, 4) is 17.0 Å². The van der Waals surface area contributed by atoms with E-state index in [-0.39, 0.29) is 0 Å². The number of hydrogen-bond acceptors (Lipinski definition) is 5. The lowest BCUT2D eigenvalue weighted by atomic mass is 10.0. The number of aromatic amines is 1. The van der Waals surface area contributed by atoms with Crippen LogP contribution in [0.25, 0.3) is 11.1 Å². The molecule has 1 aliphatic heterocycles. The second kappa shape index (κ2) is 5.72. The molecule has 2 aromatic heterocycles. The van der Waals surface area contributed by atoms with Gasteiger partial charge in [-0.1, -0.05) is 12.1 Å². The van der Waals surface area contributed by atoms with Crippen LogP contribution in [0.4, 0.5) is 5.69 Å². The van der Waals surface area contributed by atoms with Gasteiger partial charge >= 0.3 is 0 Å². The molecule has 0 unspecified atom stereocenters. The van der Waals surface area contributed by atoms with Gasteiger partial charge in [0.15, 0.2) is 0 Å². The van der Waals surface area contributed by atoms with Crippen molar-refractivity contribution in [2.24, 2.45) is 0 Å². The van der Waals surface area contributed by atoms with Gasteiger partial charge in [0.25, 0.3) is 0 Å². The van der Waals surface area contributed by atoms with Crippen LogP contribution in [0.3, 0.4) is 0 Å². The zero-order valence-corrected chi connectivity index (χ0v) is 12.9. The fourth-order valence-electron chi connectivity index (χ4n) is 3.03. The number of fused-ring (bicyclic) bond motifs is 1. The number of benzene rings is 1. The van der Waals surface area contributed by atoms with Gasteiger partial charge in [0.1, 0.15) is 6.33 Å². The summed E-state index contributed by atoms with van der Waals surface area (Å²) in [4.78, 5) is 17.9. The fourth-order valence-corrected chi connectivity index (χ4v) is 3.03. The van der Waals surface area contributed by atoms with Gasteiger partial charge in [-0.05, 0) is 23.6 Å². The topological polar surface area (TPSA) is 66.9 Å². The smallest absolute Gasteiger partial charge is 0.224 e. The van der Waals surface area contributed by atoms with E-state index < -0.39 is 0 Å². The van der Waals surface area contributed by atoms with Crippen molar-refractivity contribution in [3.05, 3.63) is 54.5 Å². The first-order valence-electron chi connectivity index (χ1n) is 7.54. The molecule has 0 radical (unpaired) electrons. The molecule has 3 aromatic rings. The maximum Gasteiger partial charge on any atom is 0.224 e. The average Bonchev–Trinajstić information content (AvgIpc) is 3.25. The molecule has 1 aromatic carbocycles. The molecule has 0 aliphatic carbocycles. The minimum atomic E-state index is 0.595. The van der Waals surface area contributed by atoms with Crippen LogP contribution in [0, 0.1) is 0 Å². The molecule has 3 heterocycles. The summed E-state index contributed by atoms with van der Waals surface area (Å²) < 4.78 is 5.35. The van der Waals surface area contributed by atoms with Crippen LogP contribution in [-0.4, -0.2) is 33.6 Å². The van der Waals surface area contributed by atoms with Crippen LogP contribution in [-0.2, 0) is 13.0 Å². The van der Waals surface area contributed by atoms with Crippen LogP contribution in [0.2, 0.25) is 0 Å². The molecule has 0 fully saturated rings. The minimum Gasteiger partial charge on any atom is -0.480 e.